The van der Waals surface area contributed by atoms with Crippen molar-refractivity contribution < 1.29 is 19.2 Å². The molecule has 0 spiro atoms. The average Bonchev–Trinajstić information content (AvgIpc) is 2.33. The van der Waals surface area contributed by atoms with Gasteiger partial charge in [-0.3, -0.25) is 19.7 Å². The molecule has 0 aliphatic rings. The lowest BCUT2D eigenvalue weighted by Gasteiger charge is -2.17. The molecule has 1 amide bonds. The molecule has 1 aromatic carbocycles. The largest absolute Gasteiger partial charge is 0.463 e. The van der Waals surface area contributed by atoms with E-state index in [2.05, 4.69) is 5.32 Å². The fourth-order valence-corrected chi connectivity index (χ4v) is 1.60. The van der Waals surface area contributed by atoms with Gasteiger partial charge < -0.3 is 10.1 Å². The minimum absolute atomic E-state index is 0.131. The summed E-state index contributed by atoms with van der Waals surface area (Å²) < 4.78 is 4.82. The number of nitro benzene ring substituents is 1. The van der Waals surface area contributed by atoms with Gasteiger partial charge in [0.2, 0.25) is 5.91 Å². The van der Waals surface area contributed by atoms with Crippen LogP contribution in [-0.4, -0.2) is 23.4 Å². The van der Waals surface area contributed by atoms with Gasteiger partial charge >= 0.3 is 5.97 Å². The Morgan fingerprint density at radius 3 is 2.53 bits per heavy atom. The molecular weight excluding hydrogens is 252 g/mol. The van der Waals surface area contributed by atoms with E-state index < -0.39 is 16.9 Å². The average molecular weight is 266 g/mol. The molecule has 0 radical (unpaired) electrons. The van der Waals surface area contributed by atoms with Crippen LogP contribution in [-0.2, 0) is 14.3 Å². The molecule has 0 fully saturated rings. The number of nitrogens with one attached hydrogen (secondary N) is 1. The second-order valence-corrected chi connectivity index (χ2v) is 3.87. The molecule has 0 aromatic heterocycles. The predicted octanol–water partition coefficient (Wildman–Crippen LogP) is 1.34. The third-order valence-electron chi connectivity index (χ3n) is 2.34. The Balaban J connectivity index is 3.05. The van der Waals surface area contributed by atoms with Crippen LogP contribution < -0.4 is 5.32 Å². The second-order valence-electron chi connectivity index (χ2n) is 3.87. The van der Waals surface area contributed by atoms with Gasteiger partial charge in [0.1, 0.15) is 6.61 Å². The SMILES string of the molecule is CC(=O)NC(COC(C)=O)c1ccccc1[N+](=O)[O-]. The van der Waals surface area contributed by atoms with Crippen LogP contribution in [0.25, 0.3) is 0 Å². The van der Waals surface area contributed by atoms with Crippen molar-refractivity contribution in [1.82, 2.24) is 5.32 Å². The van der Waals surface area contributed by atoms with E-state index in [1.54, 1.807) is 6.07 Å². The van der Waals surface area contributed by atoms with E-state index in [0.29, 0.717) is 5.56 Å². The van der Waals surface area contributed by atoms with Crippen LogP contribution in [0.4, 0.5) is 5.69 Å². The highest BCUT2D eigenvalue weighted by molar-refractivity contribution is 5.74. The maximum Gasteiger partial charge on any atom is 0.302 e. The quantitative estimate of drug-likeness (QED) is 0.492. The highest BCUT2D eigenvalue weighted by Gasteiger charge is 2.23. The van der Waals surface area contributed by atoms with E-state index in [4.69, 9.17) is 4.74 Å². The topological polar surface area (TPSA) is 98.5 Å². The van der Waals surface area contributed by atoms with Crippen LogP contribution in [0.3, 0.4) is 0 Å². The summed E-state index contributed by atoms with van der Waals surface area (Å²) in [6.07, 6.45) is 0. The number of hydrogen-bond acceptors (Lipinski definition) is 5. The lowest BCUT2D eigenvalue weighted by molar-refractivity contribution is -0.385. The summed E-state index contributed by atoms with van der Waals surface area (Å²) in [7, 11) is 0. The first-order chi connectivity index (χ1) is 8.91. The van der Waals surface area contributed by atoms with Gasteiger partial charge in [0.05, 0.1) is 16.5 Å². The van der Waals surface area contributed by atoms with Crippen LogP contribution in [0.15, 0.2) is 24.3 Å². The summed E-state index contributed by atoms with van der Waals surface area (Å²) in [6.45, 7) is 2.36. The Labute approximate surface area is 109 Å². The molecule has 102 valence electrons. The van der Waals surface area contributed by atoms with Gasteiger partial charge in [-0.2, -0.15) is 0 Å². The van der Waals surface area contributed by atoms with Crippen molar-refractivity contribution in [2.45, 2.75) is 19.9 Å². The van der Waals surface area contributed by atoms with Crippen molar-refractivity contribution in [2.75, 3.05) is 6.61 Å². The van der Waals surface area contributed by atoms with Crippen molar-refractivity contribution in [3.05, 3.63) is 39.9 Å². The van der Waals surface area contributed by atoms with Crippen molar-refractivity contribution in [3.63, 3.8) is 0 Å². The normalized spacial score (nSPS) is 11.5. The number of carbonyl (C=O) groups excluding carboxylic acids is 2. The molecule has 0 saturated heterocycles. The predicted molar refractivity (Wildman–Crippen MR) is 66.3 cm³/mol. The van der Waals surface area contributed by atoms with Gasteiger partial charge in [0.15, 0.2) is 0 Å². The molecule has 0 saturated carbocycles. The summed E-state index contributed by atoms with van der Waals surface area (Å²) in [5.74, 6) is -0.885. The van der Waals surface area contributed by atoms with E-state index in [9.17, 15) is 19.7 Å². The third-order valence-corrected chi connectivity index (χ3v) is 2.34. The number of carbonyl (C=O) groups is 2. The minimum atomic E-state index is -0.747. The summed E-state index contributed by atoms with van der Waals surface area (Å²) >= 11 is 0. The van der Waals surface area contributed by atoms with Crippen LogP contribution in [0.2, 0.25) is 0 Å². The number of amides is 1. The van der Waals surface area contributed by atoms with Crippen LogP contribution in [0.1, 0.15) is 25.5 Å². The first kappa shape index (κ1) is 14.6. The highest BCUT2D eigenvalue weighted by atomic mass is 16.6. The smallest absolute Gasteiger partial charge is 0.302 e. The molecule has 1 aromatic rings. The standard InChI is InChI=1S/C12H14N2O5/c1-8(15)13-11(7-19-9(2)16)10-5-3-4-6-12(10)14(17)18/h3-6,11H,7H2,1-2H3,(H,13,15). The van der Waals surface area contributed by atoms with Gasteiger partial charge in [-0.1, -0.05) is 12.1 Å². The number of ether oxygens (including phenoxy) is 1. The van der Waals surface area contributed by atoms with Crippen molar-refractivity contribution in [3.8, 4) is 0 Å². The monoisotopic (exact) mass is 266 g/mol. The van der Waals surface area contributed by atoms with Gasteiger partial charge in [-0.05, 0) is 6.07 Å². The molecule has 7 heteroatoms. The van der Waals surface area contributed by atoms with Crippen molar-refractivity contribution >= 4 is 17.6 Å². The number of nitrogens with zero attached hydrogens (tertiary/aromatic N) is 1. The summed E-state index contributed by atoms with van der Waals surface area (Å²) in [5, 5.41) is 13.5. The molecule has 0 bridgehead atoms. The maximum atomic E-state index is 11.1. The number of benzene rings is 1. The number of hydrogen-bond donors (Lipinski definition) is 1. The maximum absolute atomic E-state index is 11.1. The second kappa shape index (κ2) is 6.48. The van der Waals surface area contributed by atoms with Crippen LogP contribution in [0.5, 0.6) is 0 Å². The first-order valence-electron chi connectivity index (χ1n) is 5.55. The number of nitro groups is 1. The van der Waals surface area contributed by atoms with Gasteiger partial charge in [-0.25, -0.2) is 0 Å². The van der Waals surface area contributed by atoms with Crippen molar-refractivity contribution in [1.29, 1.82) is 0 Å². The molecule has 0 aliphatic carbocycles. The molecule has 1 atom stereocenters. The Bertz CT molecular complexity index is 501. The summed E-state index contributed by atoms with van der Waals surface area (Å²) in [4.78, 5) is 32.3. The first-order valence-corrected chi connectivity index (χ1v) is 5.55. The van der Waals surface area contributed by atoms with Gasteiger partial charge in [0, 0.05) is 19.9 Å². The molecule has 19 heavy (non-hydrogen) atoms. The van der Waals surface area contributed by atoms with Crippen molar-refractivity contribution in [2.24, 2.45) is 0 Å². The lowest BCUT2D eigenvalue weighted by Crippen LogP contribution is -2.30. The van der Waals surface area contributed by atoms with E-state index in [1.807, 2.05) is 0 Å². The fraction of sp³-hybridized carbons (Fsp3) is 0.333. The Kier molecular flexibility index (Phi) is 4.99. The van der Waals surface area contributed by atoms with E-state index in [0.717, 1.165) is 0 Å². The fourth-order valence-electron chi connectivity index (χ4n) is 1.60. The summed E-state index contributed by atoms with van der Waals surface area (Å²) in [6, 6.07) is 5.24. The summed E-state index contributed by atoms with van der Waals surface area (Å²) in [5.41, 5.74) is 0.164. The molecule has 0 aliphatic heterocycles. The zero-order valence-electron chi connectivity index (χ0n) is 10.6. The third kappa shape index (κ3) is 4.38. The van der Waals surface area contributed by atoms with Crippen LogP contribution in [0, 0.1) is 10.1 Å². The Morgan fingerprint density at radius 2 is 2.00 bits per heavy atom. The Morgan fingerprint density at radius 1 is 1.37 bits per heavy atom. The zero-order chi connectivity index (χ0) is 14.4. The number of esters is 1. The highest BCUT2D eigenvalue weighted by Crippen LogP contribution is 2.25. The Hall–Kier alpha value is -2.44. The molecular formula is C12H14N2O5. The van der Waals surface area contributed by atoms with Gasteiger partial charge in [0.25, 0.3) is 5.69 Å². The minimum Gasteiger partial charge on any atom is -0.463 e. The molecule has 1 unspecified atom stereocenters. The number of para-hydroxylation sites is 1. The molecule has 0 heterocycles. The molecule has 1 N–H and O–H groups in total. The molecule has 7 nitrogen and oxygen atoms in total. The van der Waals surface area contributed by atoms with Gasteiger partial charge in [-0.15, -0.1) is 0 Å². The number of rotatable bonds is 5. The van der Waals surface area contributed by atoms with E-state index >= 15 is 0 Å². The lowest BCUT2D eigenvalue weighted by atomic mass is 10.1. The zero-order valence-corrected chi connectivity index (χ0v) is 10.6. The van der Waals surface area contributed by atoms with E-state index in [-0.39, 0.29) is 18.2 Å². The van der Waals surface area contributed by atoms with E-state index in [1.165, 1.54) is 32.0 Å². The van der Waals surface area contributed by atoms with Crippen LogP contribution >= 0.6 is 0 Å². The molecule has 1 rings (SSSR count).